The second kappa shape index (κ2) is 6.27. The van der Waals surface area contributed by atoms with E-state index in [1.165, 1.54) is 12.8 Å². The lowest BCUT2D eigenvalue weighted by Crippen LogP contribution is -2.42. The van der Waals surface area contributed by atoms with E-state index in [1.54, 1.807) is 12.1 Å². The van der Waals surface area contributed by atoms with E-state index in [4.69, 9.17) is 5.73 Å². The van der Waals surface area contributed by atoms with E-state index in [0.717, 1.165) is 31.2 Å². The van der Waals surface area contributed by atoms with Gasteiger partial charge in [-0.15, -0.1) is 0 Å². The molecule has 1 aromatic rings. The van der Waals surface area contributed by atoms with E-state index < -0.39 is 5.60 Å². The van der Waals surface area contributed by atoms with Crippen molar-refractivity contribution in [1.29, 1.82) is 0 Å². The van der Waals surface area contributed by atoms with Crippen molar-refractivity contribution in [3.05, 3.63) is 29.3 Å². The first-order valence-corrected chi connectivity index (χ1v) is 7.37. The second-order valence-electron chi connectivity index (χ2n) is 5.90. The van der Waals surface area contributed by atoms with Crippen molar-refractivity contribution < 1.29 is 9.90 Å². The maximum absolute atomic E-state index is 12.2. The molecule has 4 nitrogen and oxygen atoms in total. The van der Waals surface area contributed by atoms with Gasteiger partial charge in [-0.3, -0.25) is 4.79 Å². The summed E-state index contributed by atoms with van der Waals surface area (Å²) in [5.74, 6) is -0.160. The molecule has 0 saturated heterocycles. The highest BCUT2D eigenvalue weighted by molar-refractivity contribution is 5.96. The Hall–Kier alpha value is -1.55. The number of rotatable bonds is 3. The van der Waals surface area contributed by atoms with Gasteiger partial charge in [-0.1, -0.05) is 31.7 Å². The summed E-state index contributed by atoms with van der Waals surface area (Å²) in [4.78, 5) is 12.2. The molecule has 0 heterocycles. The van der Waals surface area contributed by atoms with Crippen LogP contribution in [0.25, 0.3) is 0 Å². The summed E-state index contributed by atoms with van der Waals surface area (Å²) in [5, 5.41) is 13.4. The molecule has 1 amide bonds. The molecular formula is C16H24N2O2. The quantitative estimate of drug-likeness (QED) is 0.586. The summed E-state index contributed by atoms with van der Waals surface area (Å²) in [6, 6.07) is 5.30. The van der Waals surface area contributed by atoms with E-state index in [-0.39, 0.29) is 5.91 Å². The van der Waals surface area contributed by atoms with E-state index in [1.807, 2.05) is 13.0 Å². The minimum Gasteiger partial charge on any atom is -0.399 e. The molecule has 1 aromatic carbocycles. The summed E-state index contributed by atoms with van der Waals surface area (Å²) < 4.78 is 0. The highest BCUT2D eigenvalue weighted by Crippen LogP contribution is 2.26. The Balaban J connectivity index is 1.99. The second-order valence-corrected chi connectivity index (χ2v) is 5.90. The molecule has 0 spiro atoms. The fraction of sp³-hybridized carbons (Fsp3) is 0.562. The number of aryl methyl sites for hydroxylation is 1. The topological polar surface area (TPSA) is 75.4 Å². The number of carbonyl (C=O) groups is 1. The van der Waals surface area contributed by atoms with Crippen molar-refractivity contribution in [1.82, 2.24) is 5.32 Å². The summed E-state index contributed by atoms with van der Waals surface area (Å²) in [5.41, 5.74) is 7.03. The van der Waals surface area contributed by atoms with E-state index in [0.29, 0.717) is 17.8 Å². The van der Waals surface area contributed by atoms with Gasteiger partial charge in [-0.25, -0.2) is 0 Å². The number of nitrogens with one attached hydrogen (secondary N) is 1. The van der Waals surface area contributed by atoms with Gasteiger partial charge in [0.2, 0.25) is 0 Å². The normalized spacial score (nSPS) is 18.3. The van der Waals surface area contributed by atoms with Crippen molar-refractivity contribution in [2.24, 2.45) is 0 Å². The lowest BCUT2D eigenvalue weighted by molar-refractivity contribution is 0.0246. The largest absolute Gasteiger partial charge is 0.399 e. The number of hydrogen-bond donors (Lipinski definition) is 3. The van der Waals surface area contributed by atoms with Gasteiger partial charge < -0.3 is 16.2 Å². The Labute approximate surface area is 120 Å². The van der Waals surface area contributed by atoms with Crippen LogP contribution in [-0.4, -0.2) is 23.2 Å². The SMILES string of the molecule is Cc1ccc(N)cc1C(=O)NCC1(O)CCCCCC1. The van der Waals surface area contributed by atoms with Crippen LogP contribution < -0.4 is 11.1 Å². The summed E-state index contributed by atoms with van der Waals surface area (Å²) in [6.07, 6.45) is 5.94. The molecule has 1 saturated carbocycles. The van der Waals surface area contributed by atoms with Crippen LogP contribution in [0.15, 0.2) is 18.2 Å². The van der Waals surface area contributed by atoms with Crippen LogP contribution in [0.5, 0.6) is 0 Å². The maximum atomic E-state index is 12.2. The molecule has 0 aliphatic heterocycles. The molecule has 1 fully saturated rings. The predicted molar refractivity (Wildman–Crippen MR) is 80.6 cm³/mol. The molecule has 0 aromatic heterocycles. The molecule has 0 radical (unpaired) electrons. The Kier molecular flexibility index (Phi) is 4.65. The first kappa shape index (κ1) is 14.9. The van der Waals surface area contributed by atoms with Gasteiger partial charge >= 0.3 is 0 Å². The average Bonchev–Trinajstić information content (AvgIpc) is 2.64. The molecule has 0 atom stereocenters. The number of carbonyl (C=O) groups excluding carboxylic acids is 1. The van der Waals surface area contributed by atoms with Gasteiger partial charge in [0.15, 0.2) is 0 Å². The van der Waals surface area contributed by atoms with Gasteiger partial charge in [-0.2, -0.15) is 0 Å². The smallest absolute Gasteiger partial charge is 0.251 e. The highest BCUT2D eigenvalue weighted by atomic mass is 16.3. The number of aliphatic hydroxyl groups is 1. The van der Waals surface area contributed by atoms with Crippen molar-refractivity contribution in [3.63, 3.8) is 0 Å². The Morgan fingerprint density at radius 1 is 1.30 bits per heavy atom. The minimum atomic E-state index is -0.750. The van der Waals surface area contributed by atoms with Gasteiger partial charge in [0.1, 0.15) is 0 Å². The lowest BCUT2D eigenvalue weighted by atomic mass is 9.94. The van der Waals surface area contributed by atoms with E-state index in [9.17, 15) is 9.90 Å². The standard InChI is InChI=1S/C16H24N2O2/c1-12-6-7-13(17)10-14(12)15(19)18-11-16(20)8-4-2-3-5-9-16/h6-7,10,20H,2-5,8-9,11,17H2,1H3,(H,18,19). The third-order valence-corrected chi connectivity index (χ3v) is 4.12. The Morgan fingerprint density at radius 3 is 2.60 bits per heavy atom. The van der Waals surface area contributed by atoms with E-state index in [2.05, 4.69) is 5.32 Å². The van der Waals surface area contributed by atoms with Crippen LogP contribution in [0, 0.1) is 6.92 Å². The molecule has 20 heavy (non-hydrogen) atoms. The van der Waals surface area contributed by atoms with Crippen molar-refractivity contribution in [3.8, 4) is 0 Å². The molecule has 0 bridgehead atoms. The zero-order chi connectivity index (χ0) is 14.6. The van der Waals surface area contributed by atoms with Gasteiger partial charge in [0.25, 0.3) is 5.91 Å². The van der Waals surface area contributed by atoms with Crippen molar-refractivity contribution >= 4 is 11.6 Å². The van der Waals surface area contributed by atoms with Crippen molar-refractivity contribution in [2.75, 3.05) is 12.3 Å². The number of hydrogen-bond acceptors (Lipinski definition) is 3. The number of nitrogen functional groups attached to an aromatic ring is 1. The van der Waals surface area contributed by atoms with Crippen LogP contribution in [0.1, 0.15) is 54.4 Å². The molecular weight excluding hydrogens is 252 g/mol. The number of anilines is 1. The fourth-order valence-electron chi connectivity index (χ4n) is 2.79. The van der Waals surface area contributed by atoms with Crippen LogP contribution >= 0.6 is 0 Å². The van der Waals surface area contributed by atoms with Crippen LogP contribution in [0.3, 0.4) is 0 Å². The first-order valence-electron chi connectivity index (χ1n) is 7.37. The molecule has 4 N–H and O–H groups in total. The van der Waals surface area contributed by atoms with Crippen LogP contribution in [-0.2, 0) is 0 Å². The molecule has 1 aliphatic carbocycles. The predicted octanol–water partition coefficient (Wildman–Crippen LogP) is 2.39. The van der Waals surface area contributed by atoms with Gasteiger partial charge in [0.05, 0.1) is 5.60 Å². The zero-order valence-electron chi connectivity index (χ0n) is 12.1. The molecule has 4 heteroatoms. The van der Waals surface area contributed by atoms with Crippen LogP contribution in [0.2, 0.25) is 0 Å². The average molecular weight is 276 g/mol. The summed E-state index contributed by atoms with van der Waals surface area (Å²) >= 11 is 0. The highest BCUT2D eigenvalue weighted by Gasteiger charge is 2.28. The van der Waals surface area contributed by atoms with Gasteiger partial charge in [0, 0.05) is 17.8 Å². The monoisotopic (exact) mass is 276 g/mol. The third-order valence-electron chi connectivity index (χ3n) is 4.12. The summed E-state index contributed by atoms with van der Waals surface area (Å²) in [7, 11) is 0. The third kappa shape index (κ3) is 3.73. The molecule has 110 valence electrons. The Bertz CT molecular complexity index is 477. The summed E-state index contributed by atoms with van der Waals surface area (Å²) in [6.45, 7) is 2.20. The first-order chi connectivity index (χ1) is 9.50. The van der Waals surface area contributed by atoms with Gasteiger partial charge in [-0.05, 0) is 37.5 Å². The number of benzene rings is 1. The number of nitrogens with two attached hydrogens (primary N) is 1. The van der Waals surface area contributed by atoms with Crippen molar-refractivity contribution in [2.45, 2.75) is 51.0 Å². The Morgan fingerprint density at radius 2 is 1.95 bits per heavy atom. The maximum Gasteiger partial charge on any atom is 0.251 e. The van der Waals surface area contributed by atoms with E-state index >= 15 is 0 Å². The fourth-order valence-corrected chi connectivity index (χ4v) is 2.79. The zero-order valence-corrected chi connectivity index (χ0v) is 12.1. The van der Waals surface area contributed by atoms with Crippen LogP contribution in [0.4, 0.5) is 5.69 Å². The molecule has 2 rings (SSSR count). The molecule has 0 unspecified atom stereocenters. The lowest BCUT2D eigenvalue weighted by Gasteiger charge is -2.27. The number of amides is 1. The molecule has 1 aliphatic rings. The minimum absolute atomic E-state index is 0.160.